The molecule has 0 fully saturated rings. The third-order valence-corrected chi connectivity index (χ3v) is 1.84. The van der Waals surface area contributed by atoms with Crippen LogP contribution < -0.4 is 5.73 Å². The highest BCUT2D eigenvalue weighted by atomic mass is 16.5. The van der Waals surface area contributed by atoms with Crippen LogP contribution in [0, 0.1) is 12.3 Å². The number of pyridine rings is 1. The molecule has 0 radical (unpaired) electrons. The van der Waals surface area contributed by atoms with Gasteiger partial charge in [-0.05, 0) is 26.8 Å². The maximum absolute atomic E-state index is 7.40. The van der Waals surface area contributed by atoms with Crippen LogP contribution in [0.4, 0.5) is 5.69 Å². The highest BCUT2D eigenvalue weighted by Crippen LogP contribution is 2.13. The predicted molar refractivity (Wildman–Crippen MR) is 65.6 cm³/mol. The van der Waals surface area contributed by atoms with E-state index in [-0.39, 0.29) is 1.43 Å². The highest BCUT2D eigenvalue weighted by molar-refractivity contribution is 6.01. The van der Waals surface area contributed by atoms with Crippen molar-refractivity contribution in [3.8, 4) is 0 Å². The van der Waals surface area contributed by atoms with Gasteiger partial charge < -0.3 is 15.9 Å². The van der Waals surface area contributed by atoms with Gasteiger partial charge in [0.1, 0.15) is 0 Å². The first-order valence-corrected chi connectivity index (χ1v) is 4.80. The summed E-state index contributed by atoms with van der Waals surface area (Å²) in [5.41, 5.74) is 8.31. The predicted octanol–water partition coefficient (Wildman–Crippen LogP) is 2.26. The summed E-state index contributed by atoms with van der Waals surface area (Å²) in [5.74, 6) is 0. The zero-order chi connectivity index (χ0) is 11.8. The average molecular weight is 211 g/mol. The van der Waals surface area contributed by atoms with Crippen molar-refractivity contribution >= 4 is 11.4 Å². The lowest BCUT2D eigenvalue weighted by Crippen LogP contribution is -2.03. The molecule has 0 unspecified atom stereocenters. The van der Waals surface area contributed by atoms with E-state index in [0.29, 0.717) is 11.4 Å². The number of nitrogen functional groups attached to an aromatic ring is 1. The molecule has 1 aromatic heterocycles. The molecule has 0 aliphatic rings. The summed E-state index contributed by atoms with van der Waals surface area (Å²) in [6.07, 6.45) is 1.65. The van der Waals surface area contributed by atoms with Crippen molar-refractivity contribution in [1.82, 2.24) is 4.98 Å². The van der Waals surface area contributed by atoms with Crippen LogP contribution in [-0.2, 0) is 4.74 Å². The Morgan fingerprint density at radius 3 is 2.47 bits per heavy atom. The standard InChI is InChI=1S/C8H11N3.C3H8O.H2/c1-5(9)8-6(2)11-4-3-7(8)10;1-3-4-2;/h3-4,9H,1-2H3,(H2,10,11);3H2,1-2H3;1H. The molecular formula is C11H21N3O. The minimum Gasteiger partial charge on any atom is -0.398 e. The molecule has 0 spiro atoms. The number of anilines is 1. The van der Waals surface area contributed by atoms with Gasteiger partial charge in [-0.25, -0.2) is 0 Å². The van der Waals surface area contributed by atoms with Crippen LogP contribution in [-0.4, -0.2) is 24.4 Å². The molecule has 1 aromatic rings. The normalized spacial score (nSPS) is 9.07. The van der Waals surface area contributed by atoms with Gasteiger partial charge >= 0.3 is 0 Å². The minimum absolute atomic E-state index is 0. The molecule has 0 amide bonds. The van der Waals surface area contributed by atoms with Crippen LogP contribution in [0.25, 0.3) is 0 Å². The van der Waals surface area contributed by atoms with Crippen LogP contribution in [0.5, 0.6) is 0 Å². The summed E-state index contributed by atoms with van der Waals surface area (Å²) in [4.78, 5) is 4.04. The van der Waals surface area contributed by atoms with Gasteiger partial charge in [0.25, 0.3) is 0 Å². The van der Waals surface area contributed by atoms with Crippen molar-refractivity contribution in [2.24, 2.45) is 0 Å². The fraction of sp³-hybridized carbons (Fsp3) is 0.455. The van der Waals surface area contributed by atoms with Crippen LogP contribution in [0.1, 0.15) is 26.5 Å². The van der Waals surface area contributed by atoms with Gasteiger partial charge in [-0.3, -0.25) is 4.98 Å². The number of aryl methyl sites for hydroxylation is 1. The molecule has 0 aliphatic carbocycles. The molecule has 0 aliphatic heterocycles. The van der Waals surface area contributed by atoms with Crippen molar-refractivity contribution in [2.75, 3.05) is 19.5 Å². The Bertz CT molecular complexity index is 307. The molecule has 3 N–H and O–H groups in total. The Morgan fingerprint density at radius 1 is 1.67 bits per heavy atom. The molecular weight excluding hydrogens is 190 g/mol. The Labute approximate surface area is 92.5 Å². The van der Waals surface area contributed by atoms with Crippen LogP contribution in [0.3, 0.4) is 0 Å². The fourth-order valence-corrected chi connectivity index (χ4v) is 1.07. The van der Waals surface area contributed by atoms with Crippen molar-refractivity contribution < 1.29 is 6.16 Å². The first kappa shape index (κ1) is 13.6. The lowest BCUT2D eigenvalue weighted by Gasteiger charge is -2.04. The van der Waals surface area contributed by atoms with Crippen LogP contribution >= 0.6 is 0 Å². The van der Waals surface area contributed by atoms with Gasteiger partial charge in [0, 0.05) is 44.0 Å². The number of methoxy groups -OCH3 is 1. The summed E-state index contributed by atoms with van der Waals surface area (Å²) in [6.45, 7) is 6.34. The fourth-order valence-electron chi connectivity index (χ4n) is 1.07. The number of nitrogens with one attached hydrogen (secondary N) is 1. The molecule has 4 heteroatoms. The molecule has 15 heavy (non-hydrogen) atoms. The average Bonchev–Trinajstić information content (AvgIpc) is 2.17. The van der Waals surface area contributed by atoms with E-state index in [1.165, 1.54) is 0 Å². The second-order valence-corrected chi connectivity index (χ2v) is 3.06. The van der Waals surface area contributed by atoms with E-state index in [1.807, 2.05) is 13.8 Å². The summed E-state index contributed by atoms with van der Waals surface area (Å²) >= 11 is 0. The molecule has 0 bridgehead atoms. The quantitative estimate of drug-likeness (QED) is 0.737. The van der Waals surface area contributed by atoms with Crippen LogP contribution in [0.15, 0.2) is 12.3 Å². The SMILES string of the molecule is CC(=N)c1c(N)ccnc1C.CCOC.[HH]. The van der Waals surface area contributed by atoms with E-state index in [4.69, 9.17) is 11.1 Å². The van der Waals surface area contributed by atoms with Gasteiger partial charge in [0.05, 0.1) is 0 Å². The monoisotopic (exact) mass is 211 g/mol. The van der Waals surface area contributed by atoms with Crippen molar-refractivity contribution in [1.29, 1.82) is 5.41 Å². The molecule has 0 aromatic carbocycles. The zero-order valence-corrected chi connectivity index (χ0v) is 9.79. The Kier molecular flexibility index (Phi) is 6.29. The van der Waals surface area contributed by atoms with Gasteiger partial charge in [0.15, 0.2) is 0 Å². The van der Waals surface area contributed by atoms with E-state index in [0.717, 1.165) is 17.9 Å². The lowest BCUT2D eigenvalue weighted by molar-refractivity contribution is 0.215. The smallest absolute Gasteiger partial charge is 0.0483 e. The van der Waals surface area contributed by atoms with E-state index in [2.05, 4.69) is 9.72 Å². The Morgan fingerprint density at radius 2 is 2.20 bits per heavy atom. The maximum Gasteiger partial charge on any atom is 0.0483 e. The van der Waals surface area contributed by atoms with E-state index < -0.39 is 0 Å². The van der Waals surface area contributed by atoms with Crippen LogP contribution in [0.2, 0.25) is 0 Å². The molecule has 0 saturated heterocycles. The molecule has 1 rings (SSSR count). The Hall–Kier alpha value is -1.42. The molecule has 4 nitrogen and oxygen atoms in total. The Balaban J connectivity index is 0. The highest BCUT2D eigenvalue weighted by Gasteiger charge is 2.04. The first-order valence-electron chi connectivity index (χ1n) is 4.80. The third-order valence-electron chi connectivity index (χ3n) is 1.84. The maximum atomic E-state index is 7.40. The molecule has 0 atom stereocenters. The largest absolute Gasteiger partial charge is 0.398 e. The second-order valence-electron chi connectivity index (χ2n) is 3.06. The zero-order valence-electron chi connectivity index (χ0n) is 9.79. The topological polar surface area (TPSA) is 72.0 Å². The minimum atomic E-state index is 0. The molecule has 1 heterocycles. The number of nitrogens with two attached hydrogens (primary N) is 1. The van der Waals surface area contributed by atoms with Gasteiger partial charge in [0.2, 0.25) is 0 Å². The van der Waals surface area contributed by atoms with Crippen molar-refractivity contribution in [3.63, 3.8) is 0 Å². The molecule has 86 valence electrons. The van der Waals surface area contributed by atoms with E-state index >= 15 is 0 Å². The van der Waals surface area contributed by atoms with Gasteiger partial charge in [-0.1, -0.05) is 0 Å². The number of hydrogen-bond donors (Lipinski definition) is 2. The number of aromatic nitrogens is 1. The molecule has 0 saturated carbocycles. The lowest BCUT2D eigenvalue weighted by atomic mass is 10.1. The van der Waals surface area contributed by atoms with Crippen molar-refractivity contribution in [3.05, 3.63) is 23.5 Å². The summed E-state index contributed by atoms with van der Waals surface area (Å²) in [6, 6.07) is 1.71. The number of rotatable bonds is 2. The summed E-state index contributed by atoms with van der Waals surface area (Å²) < 4.78 is 4.54. The summed E-state index contributed by atoms with van der Waals surface area (Å²) in [5, 5.41) is 7.40. The number of nitrogens with zero attached hydrogens (tertiary/aromatic N) is 1. The van der Waals surface area contributed by atoms with E-state index in [9.17, 15) is 0 Å². The van der Waals surface area contributed by atoms with Gasteiger partial charge in [-0.15, -0.1) is 0 Å². The number of ether oxygens (including phenoxy) is 1. The first-order chi connectivity index (χ1) is 7.04. The number of hydrogen-bond acceptors (Lipinski definition) is 4. The van der Waals surface area contributed by atoms with Crippen molar-refractivity contribution in [2.45, 2.75) is 20.8 Å². The summed E-state index contributed by atoms with van der Waals surface area (Å²) in [7, 11) is 1.68. The van der Waals surface area contributed by atoms with Gasteiger partial charge in [-0.2, -0.15) is 0 Å². The third kappa shape index (κ3) is 4.56. The second kappa shape index (κ2) is 6.95. The van der Waals surface area contributed by atoms with E-state index in [1.54, 1.807) is 26.3 Å².